The normalized spacial score (nSPS) is 27.0. The van der Waals surface area contributed by atoms with Crippen molar-refractivity contribution in [3.63, 3.8) is 0 Å². The Labute approximate surface area is 171 Å². The van der Waals surface area contributed by atoms with Crippen LogP contribution in [0.5, 0.6) is 0 Å². The second kappa shape index (κ2) is 10.3. The van der Waals surface area contributed by atoms with Gasteiger partial charge in [-0.05, 0) is 46.2 Å². The standard InChI is InChI=1S/C17H31F3N4O.HI/c1-21-15(22-12-16(24(2)3)7-9-25-10-8-16)23-14-6-4-5-13(11-14)17(18,19)20;/h13-14H,4-12H2,1-3H3,(H2,21,22,23);1H. The highest BCUT2D eigenvalue weighted by Gasteiger charge is 2.42. The highest BCUT2D eigenvalue weighted by molar-refractivity contribution is 14.0. The van der Waals surface area contributed by atoms with Crippen LogP contribution in [0.4, 0.5) is 13.2 Å². The molecule has 0 bridgehead atoms. The van der Waals surface area contributed by atoms with E-state index in [1.54, 1.807) is 7.05 Å². The van der Waals surface area contributed by atoms with E-state index in [1.807, 2.05) is 0 Å². The number of hydrogen-bond donors (Lipinski definition) is 2. The summed E-state index contributed by atoms with van der Waals surface area (Å²) in [5, 5.41) is 6.52. The lowest BCUT2D eigenvalue weighted by molar-refractivity contribution is -0.183. The number of halogens is 4. The number of guanidine groups is 1. The van der Waals surface area contributed by atoms with E-state index >= 15 is 0 Å². The van der Waals surface area contributed by atoms with Gasteiger partial charge in [0.1, 0.15) is 0 Å². The lowest BCUT2D eigenvalue weighted by Gasteiger charge is -2.43. The highest BCUT2D eigenvalue weighted by atomic mass is 127. The average molecular weight is 492 g/mol. The lowest BCUT2D eigenvalue weighted by atomic mass is 9.85. The SMILES string of the molecule is CN=C(NCC1(N(C)C)CCOCC1)NC1CCCC(C(F)(F)F)C1.I. The van der Waals surface area contributed by atoms with Gasteiger partial charge in [-0.2, -0.15) is 13.2 Å². The minimum absolute atomic E-state index is 0. The Balaban J connectivity index is 0.00000338. The van der Waals surface area contributed by atoms with Crippen molar-refractivity contribution < 1.29 is 17.9 Å². The lowest BCUT2D eigenvalue weighted by Crippen LogP contribution is -2.58. The molecule has 0 spiro atoms. The second-order valence-electron chi connectivity index (χ2n) is 7.40. The minimum atomic E-state index is -4.10. The summed E-state index contributed by atoms with van der Waals surface area (Å²) in [6.45, 7) is 2.14. The van der Waals surface area contributed by atoms with E-state index in [4.69, 9.17) is 4.74 Å². The summed E-state index contributed by atoms with van der Waals surface area (Å²) < 4.78 is 44.4. The molecule has 1 saturated heterocycles. The predicted molar refractivity (Wildman–Crippen MR) is 108 cm³/mol. The molecule has 0 amide bonds. The molecule has 2 N–H and O–H groups in total. The molecular weight excluding hydrogens is 460 g/mol. The number of rotatable bonds is 4. The number of likely N-dealkylation sites (N-methyl/N-ethyl adjacent to an activating group) is 1. The van der Waals surface area contributed by atoms with Gasteiger partial charge < -0.3 is 20.3 Å². The van der Waals surface area contributed by atoms with Crippen molar-refractivity contribution in [1.29, 1.82) is 0 Å². The topological polar surface area (TPSA) is 48.9 Å². The fraction of sp³-hybridized carbons (Fsp3) is 0.941. The quantitative estimate of drug-likeness (QED) is 0.360. The first-order valence-corrected chi connectivity index (χ1v) is 9.06. The number of hydrogen-bond acceptors (Lipinski definition) is 3. The maximum atomic E-state index is 13.0. The molecule has 2 rings (SSSR count). The number of nitrogens with zero attached hydrogens (tertiary/aromatic N) is 2. The molecule has 2 fully saturated rings. The largest absolute Gasteiger partial charge is 0.391 e. The summed E-state index contributed by atoms with van der Waals surface area (Å²) in [6, 6.07) is -0.184. The fourth-order valence-electron chi connectivity index (χ4n) is 3.79. The molecular formula is C17H32F3IN4O. The zero-order valence-electron chi connectivity index (χ0n) is 15.9. The van der Waals surface area contributed by atoms with E-state index in [2.05, 4.69) is 34.6 Å². The van der Waals surface area contributed by atoms with Crippen LogP contribution in [0.1, 0.15) is 38.5 Å². The monoisotopic (exact) mass is 492 g/mol. The van der Waals surface area contributed by atoms with Crippen molar-refractivity contribution >= 4 is 29.9 Å². The van der Waals surface area contributed by atoms with Crippen molar-refractivity contribution in [2.45, 2.75) is 56.3 Å². The van der Waals surface area contributed by atoms with Crippen molar-refractivity contribution in [1.82, 2.24) is 15.5 Å². The van der Waals surface area contributed by atoms with E-state index in [0.717, 1.165) is 32.5 Å². The first-order chi connectivity index (χ1) is 11.8. The summed E-state index contributed by atoms with van der Waals surface area (Å²) in [4.78, 5) is 6.41. The maximum absolute atomic E-state index is 13.0. The molecule has 26 heavy (non-hydrogen) atoms. The third-order valence-electron chi connectivity index (χ3n) is 5.66. The Morgan fingerprint density at radius 2 is 1.88 bits per heavy atom. The van der Waals surface area contributed by atoms with Crippen LogP contribution in [0.15, 0.2) is 4.99 Å². The van der Waals surface area contributed by atoms with E-state index in [9.17, 15) is 13.2 Å². The van der Waals surface area contributed by atoms with Crippen LogP contribution in [0, 0.1) is 5.92 Å². The summed E-state index contributed by atoms with van der Waals surface area (Å²) in [5.74, 6) is -0.624. The predicted octanol–water partition coefficient (Wildman–Crippen LogP) is 3.00. The molecule has 1 saturated carbocycles. The Bertz CT molecular complexity index is 454. The smallest absolute Gasteiger partial charge is 0.381 e. The molecule has 0 aromatic rings. The first-order valence-electron chi connectivity index (χ1n) is 9.06. The van der Waals surface area contributed by atoms with Crippen LogP contribution in [0.25, 0.3) is 0 Å². The van der Waals surface area contributed by atoms with Crippen LogP contribution in [0.2, 0.25) is 0 Å². The van der Waals surface area contributed by atoms with E-state index in [0.29, 0.717) is 18.9 Å². The molecule has 2 unspecified atom stereocenters. The molecule has 1 aliphatic heterocycles. The summed E-state index contributed by atoms with van der Waals surface area (Å²) in [6.07, 6.45) is -0.562. The van der Waals surface area contributed by atoms with Crippen LogP contribution < -0.4 is 10.6 Å². The first kappa shape index (κ1) is 23.7. The Hall–Kier alpha value is -0.290. The van der Waals surface area contributed by atoms with Gasteiger partial charge in [0.25, 0.3) is 0 Å². The third-order valence-corrected chi connectivity index (χ3v) is 5.66. The molecule has 2 atom stereocenters. The van der Waals surface area contributed by atoms with Gasteiger partial charge in [0.05, 0.1) is 5.92 Å². The van der Waals surface area contributed by atoms with Crippen LogP contribution in [-0.2, 0) is 4.74 Å². The molecule has 2 aliphatic rings. The van der Waals surface area contributed by atoms with Gasteiger partial charge in [-0.1, -0.05) is 6.42 Å². The highest BCUT2D eigenvalue weighted by Crippen LogP contribution is 2.37. The van der Waals surface area contributed by atoms with Gasteiger partial charge >= 0.3 is 6.18 Å². The summed E-state index contributed by atoms with van der Waals surface area (Å²) in [7, 11) is 5.77. The zero-order chi connectivity index (χ0) is 18.5. The molecule has 5 nitrogen and oxygen atoms in total. The van der Waals surface area contributed by atoms with Crippen molar-refractivity contribution in [2.24, 2.45) is 10.9 Å². The number of alkyl halides is 3. The number of ether oxygens (including phenoxy) is 1. The molecule has 0 radical (unpaired) electrons. The zero-order valence-corrected chi connectivity index (χ0v) is 18.2. The molecule has 154 valence electrons. The van der Waals surface area contributed by atoms with Crippen molar-refractivity contribution in [3.8, 4) is 0 Å². The average Bonchev–Trinajstić information content (AvgIpc) is 2.58. The Morgan fingerprint density at radius 3 is 2.42 bits per heavy atom. The van der Waals surface area contributed by atoms with Gasteiger partial charge in [0.2, 0.25) is 0 Å². The fourth-order valence-corrected chi connectivity index (χ4v) is 3.79. The van der Waals surface area contributed by atoms with Gasteiger partial charge in [-0.25, -0.2) is 0 Å². The Kier molecular flexibility index (Phi) is 9.42. The Morgan fingerprint density at radius 1 is 1.23 bits per heavy atom. The maximum Gasteiger partial charge on any atom is 0.391 e. The number of aliphatic imine (C=N–C) groups is 1. The van der Waals surface area contributed by atoms with Crippen molar-refractivity contribution in [2.75, 3.05) is 40.9 Å². The van der Waals surface area contributed by atoms with Crippen LogP contribution in [-0.4, -0.2) is 69.5 Å². The van der Waals surface area contributed by atoms with Gasteiger partial charge in [0.15, 0.2) is 5.96 Å². The van der Waals surface area contributed by atoms with Crippen LogP contribution >= 0.6 is 24.0 Å². The van der Waals surface area contributed by atoms with Gasteiger partial charge in [0, 0.05) is 38.4 Å². The molecule has 1 aliphatic carbocycles. The van der Waals surface area contributed by atoms with E-state index < -0.39 is 12.1 Å². The third kappa shape index (κ3) is 6.40. The number of nitrogens with one attached hydrogen (secondary N) is 2. The van der Waals surface area contributed by atoms with Gasteiger partial charge in [-0.15, -0.1) is 24.0 Å². The minimum Gasteiger partial charge on any atom is -0.381 e. The van der Waals surface area contributed by atoms with Gasteiger partial charge in [-0.3, -0.25) is 4.99 Å². The summed E-state index contributed by atoms with van der Waals surface area (Å²) >= 11 is 0. The van der Waals surface area contributed by atoms with Crippen LogP contribution in [0.3, 0.4) is 0 Å². The molecule has 9 heteroatoms. The molecule has 0 aromatic heterocycles. The second-order valence-corrected chi connectivity index (χ2v) is 7.40. The van der Waals surface area contributed by atoms with E-state index in [1.165, 1.54) is 0 Å². The van der Waals surface area contributed by atoms with Crippen molar-refractivity contribution in [3.05, 3.63) is 0 Å². The molecule has 1 heterocycles. The molecule has 0 aromatic carbocycles. The van der Waals surface area contributed by atoms with E-state index in [-0.39, 0.29) is 48.4 Å². The summed E-state index contributed by atoms with van der Waals surface area (Å²) in [5.41, 5.74) is -0.0169.